The molecule has 10 heavy (non-hydrogen) atoms. The summed E-state index contributed by atoms with van der Waals surface area (Å²) in [7, 11) is 0. The van der Waals surface area contributed by atoms with Crippen LogP contribution in [0.1, 0.15) is 0 Å². The SMILES string of the molecule is O=C(O)O.O=C(O)O.[NaH].[Zn]. The fourth-order valence-corrected chi connectivity index (χ4v) is 0. The fraction of sp³-hybridized carbons (Fsp3) is 0. The van der Waals surface area contributed by atoms with Crippen molar-refractivity contribution in [2.45, 2.75) is 0 Å². The van der Waals surface area contributed by atoms with Crippen LogP contribution in [0.4, 0.5) is 9.59 Å². The van der Waals surface area contributed by atoms with Gasteiger partial charge in [0, 0.05) is 19.5 Å². The molecule has 0 atom stereocenters. The van der Waals surface area contributed by atoms with Crippen molar-refractivity contribution in [1.82, 2.24) is 0 Å². The summed E-state index contributed by atoms with van der Waals surface area (Å²) >= 11 is 0. The molecule has 0 spiro atoms. The van der Waals surface area contributed by atoms with E-state index in [1.807, 2.05) is 0 Å². The third-order valence-corrected chi connectivity index (χ3v) is 0. The van der Waals surface area contributed by atoms with Gasteiger partial charge in [0.05, 0.1) is 0 Å². The summed E-state index contributed by atoms with van der Waals surface area (Å²) < 4.78 is 0. The van der Waals surface area contributed by atoms with Gasteiger partial charge >= 0.3 is 41.9 Å². The Balaban J connectivity index is -0.0000000300. The van der Waals surface area contributed by atoms with Crippen molar-refractivity contribution < 1.29 is 49.5 Å². The van der Waals surface area contributed by atoms with Crippen LogP contribution in [-0.4, -0.2) is 62.3 Å². The van der Waals surface area contributed by atoms with Crippen molar-refractivity contribution in [3.8, 4) is 0 Å². The van der Waals surface area contributed by atoms with Gasteiger partial charge in [-0.25, -0.2) is 9.59 Å². The Bertz CT molecular complexity index is 73.7. The van der Waals surface area contributed by atoms with Crippen LogP contribution >= 0.6 is 0 Å². The van der Waals surface area contributed by atoms with Gasteiger partial charge in [-0.3, -0.25) is 0 Å². The van der Waals surface area contributed by atoms with E-state index in [1.165, 1.54) is 0 Å². The minimum atomic E-state index is -1.83. The second-order valence-corrected chi connectivity index (χ2v) is 0.565. The van der Waals surface area contributed by atoms with Crippen LogP contribution in [0.5, 0.6) is 0 Å². The van der Waals surface area contributed by atoms with Gasteiger partial charge in [-0.2, -0.15) is 0 Å². The molecule has 0 aliphatic heterocycles. The van der Waals surface area contributed by atoms with E-state index in [2.05, 4.69) is 0 Å². The smallest absolute Gasteiger partial charge is 0 e. The molecule has 0 saturated heterocycles. The van der Waals surface area contributed by atoms with Crippen LogP contribution in [0, 0.1) is 0 Å². The van der Waals surface area contributed by atoms with Crippen LogP contribution in [0.15, 0.2) is 0 Å². The van der Waals surface area contributed by atoms with E-state index in [-0.39, 0.29) is 49.0 Å². The molecule has 0 aromatic heterocycles. The molecule has 0 saturated carbocycles. The summed E-state index contributed by atoms with van der Waals surface area (Å²) in [6.07, 6.45) is -3.67. The fourth-order valence-electron chi connectivity index (χ4n) is 0. The molecule has 0 fully saturated rings. The van der Waals surface area contributed by atoms with E-state index in [9.17, 15) is 0 Å². The molecule has 8 heteroatoms. The molecule has 0 radical (unpaired) electrons. The first kappa shape index (κ1) is 22.5. The third-order valence-electron chi connectivity index (χ3n) is 0. The second kappa shape index (κ2) is 16.1. The topological polar surface area (TPSA) is 115 Å². The molecule has 0 rings (SSSR count). The largest absolute Gasteiger partial charge is 0 e. The molecule has 0 aliphatic carbocycles. The van der Waals surface area contributed by atoms with Gasteiger partial charge in [-0.15, -0.1) is 0 Å². The number of rotatable bonds is 0. The number of hydrogen-bond acceptors (Lipinski definition) is 2. The Hall–Kier alpha value is 0.163. The third kappa shape index (κ3) is 15700. The molecule has 0 aliphatic rings. The standard InChI is InChI=1S/2CH2O3.Na.Zn.H/c2*2-1(3)4;;;/h2*(H2,2,3,4);;;. The van der Waals surface area contributed by atoms with Gasteiger partial charge in [-0.1, -0.05) is 0 Å². The van der Waals surface area contributed by atoms with Gasteiger partial charge in [0.1, 0.15) is 0 Å². The number of carbonyl (C=O) groups is 2. The van der Waals surface area contributed by atoms with Crippen molar-refractivity contribution in [3.63, 3.8) is 0 Å². The van der Waals surface area contributed by atoms with Crippen LogP contribution in [0.2, 0.25) is 0 Å². The molecule has 52 valence electrons. The van der Waals surface area contributed by atoms with Crippen molar-refractivity contribution >= 4 is 41.9 Å². The Kier molecular flexibility index (Phi) is 36.1. The van der Waals surface area contributed by atoms with Crippen molar-refractivity contribution in [2.75, 3.05) is 0 Å². The Morgan fingerprint density at radius 3 is 0.800 bits per heavy atom. The maximum absolute atomic E-state index is 8.56. The van der Waals surface area contributed by atoms with Crippen molar-refractivity contribution in [3.05, 3.63) is 0 Å². The first-order valence-corrected chi connectivity index (χ1v) is 1.30. The molecule has 0 unspecified atom stereocenters. The first-order valence-electron chi connectivity index (χ1n) is 1.30. The van der Waals surface area contributed by atoms with Gasteiger partial charge in [-0.05, 0) is 0 Å². The Labute approximate surface area is 90.9 Å². The van der Waals surface area contributed by atoms with Crippen molar-refractivity contribution in [2.24, 2.45) is 0 Å². The predicted molar refractivity (Wildman–Crippen MR) is 28.5 cm³/mol. The minimum absolute atomic E-state index is 0. The van der Waals surface area contributed by atoms with Gasteiger partial charge in [0.2, 0.25) is 0 Å². The molecule has 0 aromatic carbocycles. The molecular weight excluding hydrogens is 208 g/mol. The maximum Gasteiger partial charge on any atom is 0 e. The molecule has 0 heterocycles. The Morgan fingerprint density at radius 1 is 0.800 bits per heavy atom. The molecule has 0 amide bonds. The molecule has 4 N–H and O–H groups in total. The monoisotopic (exact) mass is 212 g/mol. The van der Waals surface area contributed by atoms with E-state index in [0.717, 1.165) is 0 Å². The van der Waals surface area contributed by atoms with E-state index in [0.29, 0.717) is 0 Å². The quantitative estimate of drug-likeness (QED) is 0.414. The van der Waals surface area contributed by atoms with E-state index < -0.39 is 12.3 Å². The molecule has 6 nitrogen and oxygen atoms in total. The van der Waals surface area contributed by atoms with Gasteiger partial charge in [0.25, 0.3) is 0 Å². The zero-order chi connectivity index (χ0) is 7.15. The summed E-state index contributed by atoms with van der Waals surface area (Å²) in [5, 5.41) is 27.9. The van der Waals surface area contributed by atoms with Crippen LogP contribution in [0.3, 0.4) is 0 Å². The normalized spacial score (nSPS) is 4.80. The van der Waals surface area contributed by atoms with E-state index in [4.69, 9.17) is 30.0 Å². The van der Waals surface area contributed by atoms with E-state index in [1.54, 1.807) is 0 Å². The summed E-state index contributed by atoms with van der Waals surface area (Å²) in [6.45, 7) is 0. The first-order chi connectivity index (χ1) is 3.46. The van der Waals surface area contributed by atoms with Crippen LogP contribution in [0.25, 0.3) is 0 Å². The predicted octanol–water partition coefficient (Wildman–Crippen LogP) is -0.206. The van der Waals surface area contributed by atoms with Crippen LogP contribution in [-0.2, 0) is 19.5 Å². The zero-order valence-electron chi connectivity index (χ0n) is 4.31. The summed E-state index contributed by atoms with van der Waals surface area (Å²) in [5.74, 6) is 0. The summed E-state index contributed by atoms with van der Waals surface area (Å²) in [5.41, 5.74) is 0. The maximum atomic E-state index is 8.56. The second-order valence-electron chi connectivity index (χ2n) is 0.565. The average molecular weight is 213 g/mol. The summed E-state index contributed by atoms with van der Waals surface area (Å²) in [6, 6.07) is 0. The Morgan fingerprint density at radius 2 is 0.800 bits per heavy atom. The molecule has 0 bridgehead atoms. The van der Waals surface area contributed by atoms with Gasteiger partial charge in [0.15, 0.2) is 0 Å². The summed E-state index contributed by atoms with van der Waals surface area (Å²) in [4.78, 5) is 17.1. The zero-order valence-corrected chi connectivity index (χ0v) is 7.28. The van der Waals surface area contributed by atoms with Crippen molar-refractivity contribution in [1.29, 1.82) is 0 Å². The molecule has 0 aromatic rings. The van der Waals surface area contributed by atoms with Gasteiger partial charge < -0.3 is 20.4 Å². The number of carboxylic acid groups (broad SMARTS) is 4. The average Bonchev–Trinajstić information content (AvgIpc) is 1.25. The van der Waals surface area contributed by atoms with Crippen LogP contribution < -0.4 is 0 Å². The molecular formula is C2H5NaO6Zn. The van der Waals surface area contributed by atoms with E-state index >= 15 is 0 Å². The number of hydrogen-bond donors (Lipinski definition) is 4. The minimum Gasteiger partial charge on any atom is 0 e.